The summed E-state index contributed by atoms with van der Waals surface area (Å²) in [7, 11) is -4.03. The minimum absolute atomic E-state index is 0.00251. The third kappa shape index (κ3) is 5.78. The first-order valence-electron chi connectivity index (χ1n) is 7.89. The van der Waals surface area contributed by atoms with Gasteiger partial charge in [0.1, 0.15) is 11.1 Å². The molecule has 1 atom stereocenters. The topological polar surface area (TPSA) is 63.2 Å². The van der Waals surface area contributed by atoms with Crippen LogP contribution >= 0.6 is 0 Å². The molecule has 0 aliphatic carbocycles. The molecule has 1 amide bonds. The number of halogens is 4. The number of carbonyl (C=O) groups is 1. The third-order valence-corrected chi connectivity index (χ3v) is 5.94. The number of carbonyl (C=O) groups excluding carboxylic acids is 1. The van der Waals surface area contributed by atoms with Gasteiger partial charge < -0.3 is 5.32 Å². The Morgan fingerprint density at radius 3 is 2.30 bits per heavy atom. The molecule has 0 fully saturated rings. The van der Waals surface area contributed by atoms with Gasteiger partial charge in [0.15, 0.2) is 9.84 Å². The standard InChI is InChI=1S/C18H17F4NO3S/c1-12(17(24)23-10-13-5-7-16(19)8-6-13)27(25,26)11-14-3-2-4-15(9-14)18(20,21)22/h2-9,12H,10-11H2,1H3,(H,23,24)/t12-/m0/s1. The molecule has 0 aliphatic rings. The molecular weight excluding hydrogens is 386 g/mol. The maximum atomic E-state index is 12.8. The second-order valence-electron chi connectivity index (χ2n) is 5.99. The number of benzene rings is 2. The van der Waals surface area contributed by atoms with Gasteiger partial charge in [-0.05, 0) is 36.2 Å². The van der Waals surface area contributed by atoms with Crippen LogP contribution in [0.2, 0.25) is 0 Å². The van der Waals surface area contributed by atoms with Crippen molar-refractivity contribution in [2.45, 2.75) is 30.6 Å². The number of hydrogen-bond donors (Lipinski definition) is 1. The number of amides is 1. The van der Waals surface area contributed by atoms with E-state index in [0.717, 1.165) is 18.2 Å². The molecular formula is C18H17F4NO3S. The fourth-order valence-corrected chi connectivity index (χ4v) is 3.60. The van der Waals surface area contributed by atoms with Crippen LogP contribution < -0.4 is 5.32 Å². The molecule has 0 radical (unpaired) electrons. The lowest BCUT2D eigenvalue weighted by Crippen LogP contribution is -2.38. The molecule has 146 valence electrons. The Hall–Kier alpha value is -2.42. The zero-order valence-corrected chi connectivity index (χ0v) is 15.1. The summed E-state index contributed by atoms with van der Waals surface area (Å²) in [4.78, 5) is 12.1. The van der Waals surface area contributed by atoms with Crippen LogP contribution in [0.1, 0.15) is 23.6 Å². The predicted octanol–water partition coefficient (Wildman–Crippen LogP) is 3.46. The average molecular weight is 403 g/mol. The van der Waals surface area contributed by atoms with Crippen molar-refractivity contribution in [1.29, 1.82) is 0 Å². The van der Waals surface area contributed by atoms with Gasteiger partial charge in [-0.1, -0.05) is 30.3 Å². The van der Waals surface area contributed by atoms with E-state index in [0.29, 0.717) is 5.56 Å². The first-order valence-corrected chi connectivity index (χ1v) is 9.60. The van der Waals surface area contributed by atoms with Gasteiger partial charge in [-0.3, -0.25) is 4.79 Å². The fourth-order valence-electron chi connectivity index (χ4n) is 2.29. The molecule has 2 rings (SSSR count). The Bertz CT molecular complexity index is 909. The van der Waals surface area contributed by atoms with E-state index in [9.17, 15) is 30.8 Å². The van der Waals surface area contributed by atoms with E-state index in [1.165, 1.54) is 37.3 Å². The van der Waals surface area contributed by atoms with Crippen LogP contribution in [-0.4, -0.2) is 19.6 Å². The molecule has 0 bridgehead atoms. The van der Waals surface area contributed by atoms with E-state index >= 15 is 0 Å². The van der Waals surface area contributed by atoms with Crippen molar-refractivity contribution < 1.29 is 30.8 Å². The van der Waals surface area contributed by atoms with Gasteiger partial charge in [0.2, 0.25) is 5.91 Å². The van der Waals surface area contributed by atoms with Crippen molar-refractivity contribution in [3.63, 3.8) is 0 Å². The Labute approximate surface area is 154 Å². The van der Waals surface area contributed by atoms with Gasteiger partial charge in [0, 0.05) is 6.54 Å². The Kier molecular flexibility index (Phi) is 6.25. The van der Waals surface area contributed by atoms with Gasteiger partial charge >= 0.3 is 6.18 Å². The zero-order chi connectivity index (χ0) is 20.2. The largest absolute Gasteiger partial charge is 0.416 e. The Morgan fingerprint density at radius 2 is 1.70 bits per heavy atom. The summed E-state index contributed by atoms with van der Waals surface area (Å²) in [5, 5.41) is 0.974. The SMILES string of the molecule is C[C@@H](C(=O)NCc1ccc(F)cc1)S(=O)(=O)Cc1cccc(C(F)(F)F)c1. The minimum Gasteiger partial charge on any atom is -0.351 e. The molecule has 0 aromatic heterocycles. The summed E-state index contributed by atoms with van der Waals surface area (Å²) < 4.78 is 75.8. The van der Waals surface area contributed by atoms with Crippen LogP contribution in [0.15, 0.2) is 48.5 Å². The normalized spacial score (nSPS) is 13.2. The van der Waals surface area contributed by atoms with Crippen LogP contribution in [0.4, 0.5) is 17.6 Å². The molecule has 27 heavy (non-hydrogen) atoms. The lowest BCUT2D eigenvalue weighted by molar-refractivity contribution is -0.137. The quantitative estimate of drug-likeness (QED) is 0.752. The molecule has 0 saturated heterocycles. The fraction of sp³-hybridized carbons (Fsp3) is 0.278. The number of rotatable bonds is 6. The van der Waals surface area contributed by atoms with Crippen LogP contribution in [0.25, 0.3) is 0 Å². The van der Waals surface area contributed by atoms with Crippen LogP contribution in [0.3, 0.4) is 0 Å². The van der Waals surface area contributed by atoms with Gasteiger partial charge in [0.25, 0.3) is 0 Å². The monoisotopic (exact) mass is 403 g/mol. The molecule has 1 N–H and O–H groups in total. The summed E-state index contributed by atoms with van der Waals surface area (Å²) in [6.07, 6.45) is -4.59. The van der Waals surface area contributed by atoms with E-state index in [4.69, 9.17) is 0 Å². The molecule has 2 aromatic carbocycles. The number of hydrogen-bond acceptors (Lipinski definition) is 3. The predicted molar refractivity (Wildman–Crippen MR) is 91.8 cm³/mol. The van der Waals surface area contributed by atoms with Crippen LogP contribution in [0.5, 0.6) is 0 Å². The van der Waals surface area contributed by atoms with E-state index in [-0.39, 0.29) is 12.1 Å². The van der Waals surface area contributed by atoms with E-state index in [1.807, 2.05) is 0 Å². The maximum Gasteiger partial charge on any atom is 0.416 e. The first-order chi connectivity index (χ1) is 12.5. The highest BCUT2D eigenvalue weighted by atomic mass is 32.2. The van der Waals surface area contributed by atoms with E-state index < -0.39 is 44.3 Å². The van der Waals surface area contributed by atoms with Gasteiger partial charge in [-0.2, -0.15) is 13.2 Å². The van der Waals surface area contributed by atoms with Crippen molar-refractivity contribution >= 4 is 15.7 Å². The summed E-state index contributed by atoms with van der Waals surface area (Å²) in [6, 6.07) is 9.26. The Morgan fingerprint density at radius 1 is 1.07 bits per heavy atom. The molecule has 0 aliphatic heterocycles. The zero-order valence-electron chi connectivity index (χ0n) is 14.3. The van der Waals surface area contributed by atoms with Crippen molar-refractivity contribution in [1.82, 2.24) is 5.32 Å². The number of nitrogens with one attached hydrogen (secondary N) is 1. The smallest absolute Gasteiger partial charge is 0.351 e. The van der Waals surface area contributed by atoms with Gasteiger partial charge in [0.05, 0.1) is 11.3 Å². The van der Waals surface area contributed by atoms with Gasteiger partial charge in [-0.15, -0.1) is 0 Å². The molecule has 4 nitrogen and oxygen atoms in total. The van der Waals surface area contributed by atoms with Crippen LogP contribution in [0, 0.1) is 5.82 Å². The van der Waals surface area contributed by atoms with Crippen molar-refractivity contribution in [3.8, 4) is 0 Å². The van der Waals surface area contributed by atoms with Crippen molar-refractivity contribution in [2.75, 3.05) is 0 Å². The summed E-state index contributed by atoms with van der Waals surface area (Å²) in [5.74, 6) is -1.92. The second kappa shape index (κ2) is 8.08. The van der Waals surface area contributed by atoms with E-state index in [1.54, 1.807) is 0 Å². The van der Waals surface area contributed by atoms with Crippen LogP contribution in [-0.2, 0) is 33.1 Å². The lowest BCUT2D eigenvalue weighted by Gasteiger charge is -2.14. The van der Waals surface area contributed by atoms with Crippen molar-refractivity contribution in [2.24, 2.45) is 0 Å². The molecule has 0 spiro atoms. The number of sulfone groups is 1. The maximum absolute atomic E-state index is 12.8. The lowest BCUT2D eigenvalue weighted by atomic mass is 10.1. The second-order valence-corrected chi connectivity index (χ2v) is 8.31. The first kappa shape index (κ1) is 20.9. The molecule has 0 heterocycles. The number of alkyl halides is 3. The molecule has 2 aromatic rings. The summed E-state index contributed by atoms with van der Waals surface area (Å²) in [5.41, 5.74) is -0.432. The summed E-state index contributed by atoms with van der Waals surface area (Å²) >= 11 is 0. The minimum atomic E-state index is -4.59. The Balaban J connectivity index is 2.04. The molecule has 9 heteroatoms. The third-order valence-electron chi connectivity index (χ3n) is 3.91. The van der Waals surface area contributed by atoms with Gasteiger partial charge in [-0.25, -0.2) is 12.8 Å². The highest BCUT2D eigenvalue weighted by Gasteiger charge is 2.32. The molecule has 0 unspecified atom stereocenters. The van der Waals surface area contributed by atoms with E-state index in [2.05, 4.69) is 5.32 Å². The van der Waals surface area contributed by atoms with Crippen molar-refractivity contribution in [3.05, 3.63) is 71.0 Å². The summed E-state index contributed by atoms with van der Waals surface area (Å²) in [6.45, 7) is 1.17. The highest BCUT2D eigenvalue weighted by molar-refractivity contribution is 7.92. The average Bonchev–Trinajstić information content (AvgIpc) is 2.59. The molecule has 0 saturated carbocycles. The highest BCUT2D eigenvalue weighted by Crippen LogP contribution is 2.30.